The van der Waals surface area contributed by atoms with Crippen LogP contribution in [0.4, 0.5) is 0 Å². The molecule has 0 spiro atoms. The van der Waals surface area contributed by atoms with Gasteiger partial charge in [0.15, 0.2) is 0 Å². The van der Waals surface area contributed by atoms with Gasteiger partial charge in [0.2, 0.25) is 5.90 Å². The van der Waals surface area contributed by atoms with Gasteiger partial charge in [0.05, 0.1) is 23.9 Å². The summed E-state index contributed by atoms with van der Waals surface area (Å²) in [5.74, 6) is 0.513. The fourth-order valence-electron chi connectivity index (χ4n) is 4.37. The normalized spacial score (nSPS) is 34.9. The van der Waals surface area contributed by atoms with Crippen LogP contribution in [0.3, 0.4) is 0 Å². The van der Waals surface area contributed by atoms with Crippen molar-refractivity contribution >= 4 is 5.90 Å². The zero-order valence-corrected chi connectivity index (χ0v) is 14.2. The van der Waals surface area contributed by atoms with Gasteiger partial charge >= 0.3 is 0 Å². The van der Waals surface area contributed by atoms with Gasteiger partial charge in [-0.05, 0) is 38.3 Å². The quantitative estimate of drug-likeness (QED) is 0.886. The maximum atomic E-state index is 11.1. The van der Waals surface area contributed by atoms with Gasteiger partial charge in [0.1, 0.15) is 6.61 Å². The first-order valence-electron chi connectivity index (χ1n) is 8.76. The standard InChI is InChI=1S/C19H25NO4/c1-19(2)10-23-18(20-19)12-6-4-3-5-11(12)17(22)16-13(9-21)14-7-8-15(16)24-14/h3-6,13-17,21-22H,7-10H2,1-2H3/t13-,14-,15+,16-,17-/m1/s1. The molecule has 0 saturated carbocycles. The molecule has 0 aromatic heterocycles. The van der Waals surface area contributed by atoms with Gasteiger partial charge in [0.25, 0.3) is 0 Å². The highest BCUT2D eigenvalue weighted by atomic mass is 16.5. The van der Waals surface area contributed by atoms with E-state index in [1.807, 2.05) is 38.1 Å². The summed E-state index contributed by atoms with van der Waals surface area (Å²) in [5.41, 5.74) is 1.42. The molecule has 5 heteroatoms. The molecule has 0 aliphatic carbocycles. The van der Waals surface area contributed by atoms with Crippen LogP contribution in [0.5, 0.6) is 0 Å². The van der Waals surface area contributed by atoms with Gasteiger partial charge < -0.3 is 19.7 Å². The van der Waals surface area contributed by atoms with Crippen LogP contribution in [0, 0.1) is 11.8 Å². The second-order valence-corrected chi connectivity index (χ2v) is 7.76. The van der Waals surface area contributed by atoms with Gasteiger partial charge in [-0.2, -0.15) is 0 Å². The van der Waals surface area contributed by atoms with Crippen molar-refractivity contribution in [3.8, 4) is 0 Å². The molecule has 4 rings (SSSR count). The molecule has 0 unspecified atom stereocenters. The van der Waals surface area contributed by atoms with E-state index in [-0.39, 0.29) is 36.2 Å². The Hall–Kier alpha value is -1.43. The molecule has 130 valence electrons. The molecule has 0 radical (unpaired) electrons. The molecule has 2 fully saturated rings. The minimum atomic E-state index is -0.691. The lowest BCUT2D eigenvalue weighted by atomic mass is 9.74. The summed E-state index contributed by atoms with van der Waals surface area (Å²) in [6.45, 7) is 4.66. The number of nitrogens with zero attached hydrogens (tertiary/aromatic N) is 1. The zero-order valence-electron chi connectivity index (χ0n) is 14.2. The van der Waals surface area contributed by atoms with Crippen molar-refractivity contribution in [1.29, 1.82) is 0 Å². The molecule has 1 aromatic rings. The lowest BCUT2D eigenvalue weighted by molar-refractivity contribution is 0.0302. The molecule has 3 aliphatic rings. The summed E-state index contributed by atoms with van der Waals surface area (Å²) in [4.78, 5) is 4.65. The van der Waals surface area contributed by atoms with E-state index in [1.54, 1.807) is 0 Å². The van der Waals surface area contributed by atoms with E-state index in [0.29, 0.717) is 12.5 Å². The second kappa shape index (κ2) is 5.83. The van der Waals surface area contributed by atoms with Crippen molar-refractivity contribution in [3.05, 3.63) is 35.4 Å². The van der Waals surface area contributed by atoms with Crippen LogP contribution >= 0.6 is 0 Å². The third kappa shape index (κ3) is 2.55. The third-order valence-corrected chi connectivity index (χ3v) is 5.54. The van der Waals surface area contributed by atoms with E-state index >= 15 is 0 Å². The molecular weight excluding hydrogens is 306 g/mol. The smallest absolute Gasteiger partial charge is 0.217 e. The predicted molar refractivity (Wildman–Crippen MR) is 89.9 cm³/mol. The topological polar surface area (TPSA) is 71.3 Å². The van der Waals surface area contributed by atoms with Gasteiger partial charge in [-0.1, -0.05) is 18.2 Å². The monoisotopic (exact) mass is 331 g/mol. The molecule has 3 aliphatic heterocycles. The molecule has 0 amide bonds. The Morgan fingerprint density at radius 1 is 1.25 bits per heavy atom. The van der Waals surface area contributed by atoms with E-state index in [4.69, 9.17) is 9.47 Å². The van der Waals surface area contributed by atoms with E-state index in [0.717, 1.165) is 24.0 Å². The van der Waals surface area contributed by atoms with Crippen molar-refractivity contribution in [2.45, 2.75) is 50.5 Å². The fraction of sp³-hybridized carbons (Fsp3) is 0.632. The number of aliphatic imine (C=N–C) groups is 1. The lowest BCUT2D eigenvalue weighted by Gasteiger charge is -2.31. The molecule has 2 bridgehead atoms. The van der Waals surface area contributed by atoms with E-state index in [9.17, 15) is 10.2 Å². The number of aliphatic hydroxyl groups is 2. The SMILES string of the molecule is CC1(C)COC(c2ccccc2[C@@H](O)[C@@H]2[C@H](CO)[C@H]3CC[C@@H]2O3)=N1. The molecule has 5 atom stereocenters. The zero-order chi connectivity index (χ0) is 16.9. The Morgan fingerprint density at radius 2 is 2.00 bits per heavy atom. The third-order valence-electron chi connectivity index (χ3n) is 5.54. The number of rotatable bonds is 4. The van der Waals surface area contributed by atoms with Crippen LogP contribution in [-0.2, 0) is 9.47 Å². The minimum Gasteiger partial charge on any atom is -0.475 e. The Morgan fingerprint density at radius 3 is 2.71 bits per heavy atom. The van der Waals surface area contributed by atoms with Crippen LogP contribution in [0.1, 0.15) is 43.9 Å². The van der Waals surface area contributed by atoms with Gasteiger partial charge in [-0.15, -0.1) is 0 Å². The number of hydrogen-bond acceptors (Lipinski definition) is 5. The van der Waals surface area contributed by atoms with Gasteiger partial charge in [0, 0.05) is 24.0 Å². The van der Waals surface area contributed by atoms with Gasteiger partial charge in [-0.25, -0.2) is 4.99 Å². The second-order valence-electron chi connectivity index (χ2n) is 7.76. The molecule has 24 heavy (non-hydrogen) atoms. The average molecular weight is 331 g/mol. The highest BCUT2D eigenvalue weighted by Gasteiger charge is 2.52. The number of fused-ring (bicyclic) bond motifs is 2. The molecule has 2 N–H and O–H groups in total. The number of hydrogen-bond donors (Lipinski definition) is 2. The molecule has 3 heterocycles. The van der Waals surface area contributed by atoms with Crippen molar-refractivity contribution in [1.82, 2.24) is 0 Å². The largest absolute Gasteiger partial charge is 0.475 e. The van der Waals surface area contributed by atoms with E-state index < -0.39 is 6.10 Å². The first-order valence-corrected chi connectivity index (χ1v) is 8.76. The first-order chi connectivity index (χ1) is 11.5. The Bertz CT molecular complexity index is 657. The van der Waals surface area contributed by atoms with Crippen LogP contribution in [-0.4, -0.2) is 47.1 Å². The maximum Gasteiger partial charge on any atom is 0.217 e. The predicted octanol–water partition coefficient (Wildman–Crippen LogP) is 2.06. The fourth-order valence-corrected chi connectivity index (χ4v) is 4.37. The lowest BCUT2D eigenvalue weighted by Crippen LogP contribution is -2.34. The number of ether oxygens (including phenoxy) is 2. The van der Waals surface area contributed by atoms with Crippen LogP contribution in [0.15, 0.2) is 29.3 Å². The summed E-state index contributed by atoms with van der Waals surface area (Å²) in [6, 6.07) is 7.73. The van der Waals surface area contributed by atoms with Crippen molar-refractivity contribution in [2.24, 2.45) is 16.8 Å². The van der Waals surface area contributed by atoms with Crippen molar-refractivity contribution < 1.29 is 19.7 Å². The van der Waals surface area contributed by atoms with Crippen LogP contribution in [0.2, 0.25) is 0 Å². The Kier molecular flexibility index (Phi) is 3.90. The Balaban J connectivity index is 1.67. The molecule has 2 saturated heterocycles. The summed E-state index contributed by atoms with van der Waals surface area (Å²) < 4.78 is 11.7. The molecule has 1 aromatic carbocycles. The minimum absolute atomic E-state index is 0.00492. The van der Waals surface area contributed by atoms with E-state index in [1.165, 1.54) is 0 Å². The van der Waals surface area contributed by atoms with Crippen LogP contribution in [0.25, 0.3) is 0 Å². The highest BCUT2D eigenvalue weighted by Crippen LogP contribution is 2.49. The first kappa shape index (κ1) is 16.1. The maximum absolute atomic E-state index is 11.1. The van der Waals surface area contributed by atoms with Crippen LogP contribution < -0.4 is 0 Å². The molecule has 5 nitrogen and oxygen atoms in total. The summed E-state index contributed by atoms with van der Waals surface area (Å²) in [5, 5.41) is 20.9. The Labute approximate surface area is 142 Å². The van der Waals surface area contributed by atoms with Crippen molar-refractivity contribution in [3.63, 3.8) is 0 Å². The average Bonchev–Trinajstić information content (AvgIpc) is 3.27. The van der Waals surface area contributed by atoms with Gasteiger partial charge in [-0.3, -0.25) is 0 Å². The molecular formula is C19H25NO4. The van der Waals surface area contributed by atoms with E-state index in [2.05, 4.69) is 4.99 Å². The summed E-state index contributed by atoms with van der Waals surface area (Å²) >= 11 is 0. The number of benzene rings is 1. The summed E-state index contributed by atoms with van der Waals surface area (Å²) in [7, 11) is 0. The summed E-state index contributed by atoms with van der Waals surface area (Å²) in [6.07, 6.45) is 1.34. The number of aliphatic hydroxyl groups excluding tert-OH is 2. The van der Waals surface area contributed by atoms with Crippen molar-refractivity contribution in [2.75, 3.05) is 13.2 Å². The highest BCUT2D eigenvalue weighted by molar-refractivity contribution is 5.97.